The summed E-state index contributed by atoms with van der Waals surface area (Å²) in [4.78, 5) is 28.5. The number of hydrogen-bond donors (Lipinski definition) is 2. The predicted octanol–water partition coefficient (Wildman–Crippen LogP) is 5.25. The molecule has 4 rings (SSSR count). The van der Waals surface area contributed by atoms with Gasteiger partial charge in [-0.3, -0.25) is 4.79 Å². The highest BCUT2D eigenvalue weighted by molar-refractivity contribution is 8.18. The number of benzene rings is 3. The third-order valence-corrected chi connectivity index (χ3v) is 5.70. The number of amides is 1. The molecule has 0 unspecified atom stereocenters. The van der Waals surface area contributed by atoms with Gasteiger partial charge in [0, 0.05) is 0 Å². The van der Waals surface area contributed by atoms with Crippen molar-refractivity contribution in [3.05, 3.63) is 94.4 Å². The van der Waals surface area contributed by atoms with Crippen LogP contribution in [0.4, 0.5) is 5.69 Å². The summed E-state index contributed by atoms with van der Waals surface area (Å²) in [6.07, 6.45) is 1.79. The summed E-state index contributed by atoms with van der Waals surface area (Å²) in [5, 5.41) is 12.4. The van der Waals surface area contributed by atoms with Crippen molar-refractivity contribution >= 4 is 40.6 Å². The van der Waals surface area contributed by atoms with E-state index >= 15 is 0 Å². The molecule has 7 nitrogen and oxygen atoms in total. The van der Waals surface area contributed by atoms with Crippen molar-refractivity contribution in [2.24, 2.45) is 4.99 Å². The largest absolute Gasteiger partial charge is 0.494 e. The molecular formula is C26H22N2O5S. The molecule has 1 heterocycles. The molecule has 3 aromatic carbocycles. The molecule has 0 aliphatic carbocycles. The van der Waals surface area contributed by atoms with Gasteiger partial charge < -0.3 is 19.9 Å². The normalized spacial score (nSPS) is 15.4. The minimum atomic E-state index is -0.972. The third-order valence-electron chi connectivity index (χ3n) is 4.79. The van der Waals surface area contributed by atoms with Gasteiger partial charge in [-0.05, 0) is 84.4 Å². The second kappa shape index (κ2) is 10.7. The Bertz CT molecular complexity index is 1250. The number of nitrogens with one attached hydrogen (secondary N) is 1. The highest BCUT2D eigenvalue weighted by Crippen LogP contribution is 2.29. The van der Waals surface area contributed by atoms with Crippen molar-refractivity contribution in [1.29, 1.82) is 0 Å². The third kappa shape index (κ3) is 6.05. The first-order valence-electron chi connectivity index (χ1n) is 10.6. The van der Waals surface area contributed by atoms with E-state index in [1.54, 1.807) is 36.4 Å². The van der Waals surface area contributed by atoms with Crippen molar-refractivity contribution in [2.45, 2.75) is 13.5 Å². The van der Waals surface area contributed by atoms with Crippen molar-refractivity contribution in [3.8, 4) is 11.5 Å². The number of thioether (sulfide) groups is 1. The smallest absolute Gasteiger partial charge is 0.335 e. The van der Waals surface area contributed by atoms with Crippen molar-refractivity contribution in [1.82, 2.24) is 5.32 Å². The first-order chi connectivity index (χ1) is 16.5. The summed E-state index contributed by atoms with van der Waals surface area (Å²) in [6.45, 7) is 2.78. The number of aromatic carboxylic acids is 1. The molecule has 0 bridgehead atoms. The number of nitrogens with zero attached hydrogens (tertiary/aromatic N) is 1. The van der Waals surface area contributed by atoms with Crippen LogP contribution in [0.1, 0.15) is 28.4 Å². The average molecular weight is 475 g/mol. The number of carboxylic acid groups (broad SMARTS) is 1. The van der Waals surface area contributed by atoms with E-state index in [4.69, 9.17) is 14.6 Å². The molecule has 1 aliphatic rings. The Hall–Kier alpha value is -4.04. The molecule has 0 aromatic heterocycles. The zero-order valence-electron chi connectivity index (χ0n) is 18.4. The van der Waals surface area contributed by atoms with Gasteiger partial charge in [0.15, 0.2) is 5.17 Å². The summed E-state index contributed by atoms with van der Waals surface area (Å²) < 4.78 is 11.2. The molecule has 0 saturated carbocycles. The maximum atomic E-state index is 12.4. The van der Waals surface area contributed by atoms with E-state index in [1.807, 2.05) is 49.4 Å². The van der Waals surface area contributed by atoms with Gasteiger partial charge in [0.05, 0.1) is 22.8 Å². The molecule has 0 atom stereocenters. The van der Waals surface area contributed by atoms with Crippen LogP contribution >= 0.6 is 11.8 Å². The van der Waals surface area contributed by atoms with Gasteiger partial charge in [-0.25, -0.2) is 9.79 Å². The van der Waals surface area contributed by atoms with E-state index in [9.17, 15) is 9.59 Å². The summed E-state index contributed by atoms with van der Waals surface area (Å²) in [5.74, 6) is 0.245. The highest BCUT2D eigenvalue weighted by Gasteiger charge is 2.23. The van der Waals surface area contributed by atoms with Gasteiger partial charge in [0.1, 0.15) is 18.1 Å². The number of ether oxygens (including phenoxy) is 2. The van der Waals surface area contributed by atoms with Crippen molar-refractivity contribution in [2.75, 3.05) is 6.61 Å². The molecular weight excluding hydrogens is 452 g/mol. The monoisotopic (exact) mass is 474 g/mol. The van der Waals surface area contributed by atoms with E-state index < -0.39 is 5.97 Å². The first-order valence-corrected chi connectivity index (χ1v) is 11.4. The molecule has 8 heteroatoms. The maximum Gasteiger partial charge on any atom is 0.335 e. The molecule has 2 N–H and O–H groups in total. The molecule has 1 aliphatic heterocycles. The van der Waals surface area contributed by atoms with E-state index in [0.717, 1.165) is 22.6 Å². The van der Waals surface area contributed by atoms with Crippen LogP contribution < -0.4 is 14.8 Å². The Morgan fingerprint density at radius 2 is 1.74 bits per heavy atom. The molecule has 1 saturated heterocycles. The molecule has 0 radical (unpaired) electrons. The fourth-order valence-electron chi connectivity index (χ4n) is 3.15. The number of amidine groups is 1. The minimum absolute atomic E-state index is 0.201. The van der Waals surface area contributed by atoms with Gasteiger partial charge in [0.25, 0.3) is 5.91 Å². The van der Waals surface area contributed by atoms with Gasteiger partial charge in [-0.15, -0.1) is 0 Å². The van der Waals surface area contributed by atoms with Crippen LogP contribution in [0.15, 0.2) is 82.7 Å². The predicted molar refractivity (Wildman–Crippen MR) is 133 cm³/mol. The number of hydrogen-bond acceptors (Lipinski definition) is 6. The fourth-order valence-corrected chi connectivity index (χ4v) is 4.00. The lowest BCUT2D eigenvalue weighted by Crippen LogP contribution is -2.19. The number of carboxylic acids is 1. The fraction of sp³-hybridized carbons (Fsp3) is 0.115. The highest BCUT2D eigenvalue weighted by atomic mass is 32.2. The van der Waals surface area contributed by atoms with Gasteiger partial charge in [-0.1, -0.05) is 24.3 Å². The Morgan fingerprint density at radius 1 is 1.03 bits per heavy atom. The number of aliphatic imine (C=N–C) groups is 1. The number of carbonyl (C=O) groups excluding carboxylic acids is 1. The van der Waals surface area contributed by atoms with E-state index in [1.165, 1.54) is 11.8 Å². The van der Waals surface area contributed by atoms with Crippen LogP contribution in [0.5, 0.6) is 11.5 Å². The second-order valence-electron chi connectivity index (χ2n) is 7.27. The molecule has 1 amide bonds. The van der Waals surface area contributed by atoms with Crippen molar-refractivity contribution < 1.29 is 24.2 Å². The van der Waals surface area contributed by atoms with E-state index in [0.29, 0.717) is 22.4 Å². The minimum Gasteiger partial charge on any atom is -0.494 e. The number of rotatable bonds is 8. The van der Waals surface area contributed by atoms with E-state index in [2.05, 4.69) is 10.3 Å². The average Bonchev–Trinajstić information content (AvgIpc) is 3.18. The van der Waals surface area contributed by atoms with Crippen LogP contribution in [-0.2, 0) is 11.4 Å². The molecule has 1 fully saturated rings. The molecule has 172 valence electrons. The second-order valence-corrected chi connectivity index (χ2v) is 8.30. The Labute approximate surface area is 201 Å². The lowest BCUT2D eigenvalue weighted by Gasteiger charge is -2.07. The van der Waals surface area contributed by atoms with Crippen LogP contribution in [0.3, 0.4) is 0 Å². The van der Waals surface area contributed by atoms with Crippen LogP contribution in [-0.4, -0.2) is 28.8 Å². The first kappa shape index (κ1) is 23.1. The summed E-state index contributed by atoms with van der Waals surface area (Å²) in [5.41, 5.74) is 2.56. The Balaban J connectivity index is 1.37. The number of carbonyl (C=O) groups is 2. The molecule has 0 spiro atoms. The Kier molecular flexibility index (Phi) is 7.29. The Morgan fingerprint density at radius 3 is 2.44 bits per heavy atom. The van der Waals surface area contributed by atoms with Crippen LogP contribution in [0, 0.1) is 0 Å². The van der Waals surface area contributed by atoms with Crippen molar-refractivity contribution in [3.63, 3.8) is 0 Å². The SMILES string of the molecule is CCOc1ccc(N=C2NC(=O)/C(=C\c3ccc(OCc4cccc(C(=O)O)c4)cc3)S2)cc1. The van der Waals surface area contributed by atoms with Crippen LogP contribution in [0.2, 0.25) is 0 Å². The van der Waals surface area contributed by atoms with Crippen LogP contribution in [0.25, 0.3) is 6.08 Å². The van der Waals surface area contributed by atoms with Gasteiger partial charge >= 0.3 is 5.97 Å². The zero-order valence-corrected chi connectivity index (χ0v) is 19.2. The zero-order chi connectivity index (χ0) is 23.9. The van der Waals surface area contributed by atoms with E-state index in [-0.39, 0.29) is 18.1 Å². The van der Waals surface area contributed by atoms with Gasteiger partial charge in [0.2, 0.25) is 0 Å². The standard InChI is InChI=1S/C26H22N2O5S/c1-2-32-21-12-8-20(9-13-21)27-26-28-24(29)23(34-26)15-17-6-10-22(11-7-17)33-16-18-4-3-5-19(14-18)25(30)31/h3-15H,2,16H2,1H3,(H,30,31)(H,27,28,29)/b23-15+. The topological polar surface area (TPSA) is 97.2 Å². The summed E-state index contributed by atoms with van der Waals surface area (Å²) >= 11 is 1.28. The quantitative estimate of drug-likeness (QED) is 0.433. The molecule has 34 heavy (non-hydrogen) atoms. The summed E-state index contributed by atoms with van der Waals surface area (Å²) in [6, 6.07) is 21.3. The van der Waals surface area contributed by atoms with Gasteiger partial charge in [-0.2, -0.15) is 0 Å². The lowest BCUT2D eigenvalue weighted by atomic mass is 10.1. The maximum absolute atomic E-state index is 12.4. The lowest BCUT2D eigenvalue weighted by molar-refractivity contribution is -0.115. The summed E-state index contributed by atoms with van der Waals surface area (Å²) in [7, 11) is 0. The molecule has 3 aromatic rings.